The van der Waals surface area contributed by atoms with E-state index in [0.29, 0.717) is 23.1 Å². The SMILES string of the molecule is Clc1ccc(CNc2ccccc2Cn2cncn2)cc1Cl. The van der Waals surface area contributed by atoms with E-state index in [1.165, 1.54) is 6.33 Å². The van der Waals surface area contributed by atoms with Gasteiger partial charge in [-0.25, -0.2) is 9.67 Å². The number of nitrogens with zero attached hydrogens (tertiary/aromatic N) is 3. The van der Waals surface area contributed by atoms with Gasteiger partial charge in [0.2, 0.25) is 0 Å². The number of rotatable bonds is 5. The highest BCUT2D eigenvalue weighted by Crippen LogP contribution is 2.23. The van der Waals surface area contributed by atoms with Crippen molar-refractivity contribution in [2.75, 3.05) is 5.32 Å². The molecular weight excluding hydrogens is 319 g/mol. The molecule has 0 aliphatic heterocycles. The van der Waals surface area contributed by atoms with Crippen LogP contribution >= 0.6 is 23.2 Å². The standard InChI is InChI=1S/C16H14Cl2N4/c17-14-6-5-12(7-15(14)18)8-20-16-4-2-1-3-13(16)9-22-11-19-10-21-22/h1-7,10-11,20H,8-9H2. The molecule has 0 amide bonds. The fourth-order valence-electron chi connectivity index (χ4n) is 2.17. The summed E-state index contributed by atoms with van der Waals surface area (Å²) in [5, 5.41) is 8.70. The quantitative estimate of drug-likeness (QED) is 0.759. The van der Waals surface area contributed by atoms with Gasteiger partial charge in [0.1, 0.15) is 12.7 Å². The lowest BCUT2D eigenvalue weighted by Crippen LogP contribution is -2.06. The second-order valence-electron chi connectivity index (χ2n) is 4.85. The molecule has 0 aliphatic rings. The van der Waals surface area contributed by atoms with Crippen LogP contribution in [0.15, 0.2) is 55.1 Å². The summed E-state index contributed by atoms with van der Waals surface area (Å²) in [6.07, 6.45) is 3.24. The Morgan fingerprint density at radius 2 is 1.91 bits per heavy atom. The van der Waals surface area contributed by atoms with Gasteiger partial charge in [-0.05, 0) is 29.3 Å². The Kier molecular flexibility index (Phi) is 4.61. The van der Waals surface area contributed by atoms with Crippen molar-refractivity contribution >= 4 is 28.9 Å². The van der Waals surface area contributed by atoms with Gasteiger partial charge in [-0.3, -0.25) is 0 Å². The minimum Gasteiger partial charge on any atom is -0.381 e. The second-order valence-corrected chi connectivity index (χ2v) is 5.67. The molecule has 0 saturated carbocycles. The summed E-state index contributed by atoms with van der Waals surface area (Å²) < 4.78 is 1.79. The van der Waals surface area contributed by atoms with Gasteiger partial charge in [-0.15, -0.1) is 0 Å². The summed E-state index contributed by atoms with van der Waals surface area (Å²) in [6.45, 7) is 1.34. The van der Waals surface area contributed by atoms with Gasteiger partial charge in [0, 0.05) is 12.2 Å². The molecule has 0 atom stereocenters. The van der Waals surface area contributed by atoms with E-state index < -0.39 is 0 Å². The van der Waals surface area contributed by atoms with Crippen LogP contribution in [0.4, 0.5) is 5.69 Å². The van der Waals surface area contributed by atoms with Crippen LogP contribution in [-0.4, -0.2) is 14.8 Å². The van der Waals surface area contributed by atoms with E-state index in [4.69, 9.17) is 23.2 Å². The number of halogens is 2. The highest BCUT2D eigenvalue weighted by Gasteiger charge is 2.04. The van der Waals surface area contributed by atoms with E-state index in [0.717, 1.165) is 16.8 Å². The molecule has 0 fully saturated rings. The predicted molar refractivity (Wildman–Crippen MR) is 89.4 cm³/mol. The molecule has 2 aromatic carbocycles. The summed E-state index contributed by atoms with van der Waals surface area (Å²) in [4.78, 5) is 3.96. The minimum absolute atomic E-state index is 0.567. The number of benzene rings is 2. The van der Waals surface area contributed by atoms with Crippen molar-refractivity contribution in [1.29, 1.82) is 0 Å². The third kappa shape index (κ3) is 3.59. The lowest BCUT2D eigenvalue weighted by molar-refractivity contribution is 0.685. The maximum atomic E-state index is 6.04. The normalized spacial score (nSPS) is 10.6. The summed E-state index contributed by atoms with van der Waals surface area (Å²) in [6, 6.07) is 13.8. The van der Waals surface area contributed by atoms with Crippen LogP contribution in [-0.2, 0) is 13.1 Å². The lowest BCUT2D eigenvalue weighted by Gasteiger charge is -2.12. The van der Waals surface area contributed by atoms with Crippen LogP contribution in [0.3, 0.4) is 0 Å². The van der Waals surface area contributed by atoms with Crippen molar-refractivity contribution < 1.29 is 0 Å². The topological polar surface area (TPSA) is 42.7 Å². The van der Waals surface area contributed by atoms with E-state index >= 15 is 0 Å². The molecule has 1 heterocycles. The molecule has 6 heteroatoms. The molecule has 1 aromatic heterocycles. The van der Waals surface area contributed by atoms with Gasteiger partial charge in [0.15, 0.2) is 0 Å². The van der Waals surface area contributed by atoms with Gasteiger partial charge >= 0.3 is 0 Å². The Hall–Kier alpha value is -2.04. The van der Waals surface area contributed by atoms with Gasteiger partial charge in [-0.1, -0.05) is 47.5 Å². The third-order valence-corrected chi connectivity index (χ3v) is 4.02. The van der Waals surface area contributed by atoms with E-state index in [-0.39, 0.29) is 0 Å². The molecule has 0 unspecified atom stereocenters. The molecule has 3 rings (SSSR count). The summed E-state index contributed by atoms with van der Waals surface area (Å²) in [5.74, 6) is 0. The summed E-state index contributed by atoms with van der Waals surface area (Å²) in [7, 11) is 0. The molecule has 0 spiro atoms. The van der Waals surface area contributed by atoms with Crippen molar-refractivity contribution in [3.8, 4) is 0 Å². The number of aromatic nitrogens is 3. The van der Waals surface area contributed by atoms with Crippen LogP contribution in [0, 0.1) is 0 Å². The Labute approximate surface area is 138 Å². The molecule has 112 valence electrons. The van der Waals surface area contributed by atoms with Crippen molar-refractivity contribution in [1.82, 2.24) is 14.8 Å². The fourth-order valence-corrected chi connectivity index (χ4v) is 2.49. The first-order valence-corrected chi connectivity index (χ1v) is 7.56. The van der Waals surface area contributed by atoms with Gasteiger partial charge in [0.25, 0.3) is 0 Å². The Morgan fingerprint density at radius 3 is 2.68 bits per heavy atom. The molecule has 0 bridgehead atoms. The summed E-state index contributed by atoms with van der Waals surface area (Å²) >= 11 is 12.0. The molecule has 0 aliphatic carbocycles. The highest BCUT2D eigenvalue weighted by atomic mass is 35.5. The van der Waals surface area contributed by atoms with Crippen molar-refractivity contribution in [2.45, 2.75) is 13.1 Å². The highest BCUT2D eigenvalue weighted by molar-refractivity contribution is 6.42. The molecule has 4 nitrogen and oxygen atoms in total. The Bertz CT molecular complexity index is 757. The Morgan fingerprint density at radius 1 is 1.05 bits per heavy atom. The van der Waals surface area contributed by atoms with Crippen LogP contribution < -0.4 is 5.32 Å². The van der Waals surface area contributed by atoms with Crippen molar-refractivity contribution in [2.24, 2.45) is 0 Å². The van der Waals surface area contributed by atoms with E-state index in [1.807, 2.05) is 36.4 Å². The van der Waals surface area contributed by atoms with Gasteiger partial charge in [-0.2, -0.15) is 5.10 Å². The fraction of sp³-hybridized carbons (Fsp3) is 0.125. The zero-order chi connectivity index (χ0) is 15.4. The van der Waals surface area contributed by atoms with Gasteiger partial charge in [0.05, 0.1) is 16.6 Å². The number of para-hydroxylation sites is 1. The number of hydrogen-bond acceptors (Lipinski definition) is 3. The number of nitrogens with one attached hydrogen (secondary N) is 1. The average molecular weight is 333 g/mol. The number of hydrogen-bond donors (Lipinski definition) is 1. The molecular formula is C16H14Cl2N4. The minimum atomic E-state index is 0.567. The Balaban J connectivity index is 1.73. The van der Waals surface area contributed by atoms with E-state index in [1.54, 1.807) is 11.0 Å². The maximum absolute atomic E-state index is 6.04. The zero-order valence-electron chi connectivity index (χ0n) is 11.7. The van der Waals surface area contributed by atoms with Crippen LogP contribution in [0.2, 0.25) is 10.0 Å². The first-order chi connectivity index (χ1) is 10.7. The van der Waals surface area contributed by atoms with E-state index in [9.17, 15) is 0 Å². The largest absolute Gasteiger partial charge is 0.381 e. The van der Waals surface area contributed by atoms with E-state index in [2.05, 4.69) is 21.5 Å². The van der Waals surface area contributed by atoms with Crippen LogP contribution in [0.25, 0.3) is 0 Å². The third-order valence-electron chi connectivity index (χ3n) is 3.28. The molecule has 22 heavy (non-hydrogen) atoms. The first-order valence-electron chi connectivity index (χ1n) is 6.80. The molecule has 0 saturated heterocycles. The van der Waals surface area contributed by atoms with Crippen LogP contribution in [0.1, 0.15) is 11.1 Å². The van der Waals surface area contributed by atoms with Crippen molar-refractivity contribution in [3.63, 3.8) is 0 Å². The lowest BCUT2D eigenvalue weighted by atomic mass is 10.1. The van der Waals surface area contributed by atoms with Crippen LogP contribution in [0.5, 0.6) is 0 Å². The monoisotopic (exact) mass is 332 g/mol. The van der Waals surface area contributed by atoms with Crippen molar-refractivity contribution in [3.05, 3.63) is 76.3 Å². The number of anilines is 1. The first kappa shape index (κ1) is 14.9. The molecule has 3 aromatic rings. The maximum Gasteiger partial charge on any atom is 0.137 e. The molecule has 0 radical (unpaired) electrons. The zero-order valence-corrected chi connectivity index (χ0v) is 13.2. The predicted octanol–water partition coefficient (Wildman–Crippen LogP) is 4.25. The van der Waals surface area contributed by atoms with Gasteiger partial charge < -0.3 is 5.32 Å². The second kappa shape index (κ2) is 6.81. The molecule has 1 N–H and O–H groups in total. The smallest absolute Gasteiger partial charge is 0.137 e. The average Bonchev–Trinajstić information content (AvgIpc) is 3.03. The summed E-state index contributed by atoms with van der Waals surface area (Å²) in [5.41, 5.74) is 3.28.